The minimum atomic E-state index is 0.793. The van der Waals surface area contributed by atoms with E-state index < -0.39 is 0 Å². The summed E-state index contributed by atoms with van der Waals surface area (Å²) in [7, 11) is 2.04. The third kappa shape index (κ3) is 5.22. The number of anilines is 3. The van der Waals surface area contributed by atoms with Gasteiger partial charge in [-0.1, -0.05) is 0 Å². The number of benzene rings is 5. The van der Waals surface area contributed by atoms with E-state index in [1.165, 1.54) is 0 Å². The molecule has 0 bridgehead atoms. The molecule has 7 rings (SSSR count). The number of hydrogen-bond acceptors (Lipinski definition) is 3. The van der Waals surface area contributed by atoms with Crippen molar-refractivity contribution < 1.29 is 19.4 Å². The van der Waals surface area contributed by atoms with Crippen molar-refractivity contribution in [2.75, 3.05) is 4.90 Å². The number of aromatic nitrogens is 5. The summed E-state index contributed by atoms with van der Waals surface area (Å²) in [5, 5.41) is 8.25. The van der Waals surface area contributed by atoms with Gasteiger partial charge in [-0.05, 0) is 0 Å². The Morgan fingerprint density at radius 3 is 1.77 bits per heavy atom. The third-order valence-electron chi connectivity index (χ3n) is 7.26. The van der Waals surface area contributed by atoms with E-state index in [0.29, 0.717) is 0 Å². The Kier molecular flexibility index (Phi) is 7.28. The zero-order valence-electron chi connectivity index (χ0n) is 23.3. The Labute approximate surface area is 261 Å². The standard InChI is InChI=1S/C36H26N6.Pt/c1-39-23-24-40(27-39)30-15-8-17-32(25-30)42(33-18-9-16-31(26-33)41-22-21-37-38-41)36-34(28-11-4-2-5-12-28)19-10-20-35(36)29-13-6-3-7-14-29;/h2-24H,1H3;/q-2;. The Balaban J connectivity index is 1.53. The van der Waals surface area contributed by atoms with Gasteiger partial charge in [-0.15, -0.1) is 0 Å². The van der Waals surface area contributed by atoms with Crippen LogP contribution in [-0.4, -0.2) is 24.1 Å². The molecule has 0 saturated heterocycles. The first kappa shape index (κ1) is 26.8. The number of rotatable bonds is 7. The first-order chi connectivity index (χ1) is 21.2. The Hall–Kier alpha value is -5.06. The summed E-state index contributed by atoms with van der Waals surface area (Å²) in [6.45, 7) is 0. The van der Waals surface area contributed by atoms with Crippen LogP contribution in [0.2, 0.25) is 0 Å². The van der Waals surface area contributed by atoms with Gasteiger partial charge in [0, 0.05) is 0 Å². The van der Waals surface area contributed by atoms with Crippen LogP contribution in [-0.2, 0) is 26.4 Å². The summed E-state index contributed by atoms with van der Waals surface area (Å²) in [5.41, 5.74) is 8.96. The van der Waals surface area contributed by atoms with Gasteiger partial charge in [-0.25, -0.2) is 0 Å². The van der Waals surface area contributed by atoms with E-state index in [1.807, 2.05) is 43.7 Å². The average molecular weight is 738 g/mol. The van der Waals surface area contributed by atoms with E-state index in [2.05, 4.69) is 153 Å². The second-order valence-electron chi connectivity index (χ2n) is 9.98. The molecule has 5 aromatic carbocycles. The first-order valence-electron chi connectivity index (χ1n) is 13.8. The van der Waals surface area contributed by atoms with Crippen molar-refractivity contribution in [1.82, 2.24) is 24.1 Å². The van der Waals surface area contributed by atoms with E-state index in [4.69, 9.17) is 0 Å². The first-order valence-corrected chi connectivity index (χ1v) is 15.0. The van der Waals surface area contributed by atoms with Crippen molar-refractivity contribution in [3.05, 3.63) is 156 Å². The fourth-order valence-corrected chi connectivity index (χ4v) is 5.85. The summed E-state index contributed by atoms with van der Waals surface area (Å²) in [6.07, 6.45) is 7.61. The van der Waals surface area contributed by atoms with Crippen molar-refractivity contribution >= 4 is 17.1 Å². The third-order valence-corrected chi connectivity index (χ3v) is 8.61. The molecule has 0 fully saturated rings. The molecule has 0 saturated carbocycles. The van der Waals surface area contributed by atoms with E-state index in [1.54, 1.807) is 10.9 Å². The number of imidazole rings is 1. The molecular formula is C36H26N6Pt-2. The van der Waals surface area contributed by atoms with Crippen LogP contribution in [0.1, 0.15) is 0 Å². The number of hydrogen-bond donors (Lipinski definition) is 0. The molecule has 7 heteroatoms. The molecule has 7 aromatic rings. The van der Waals surface area contributed by atoms with E-state index in [0.717, 1.165) is 54.5 Å². The van der Waals surface area contributed by atoms with E-state index >= 15 is 0 Å². The molecule has 0 spiro atoms. The topological polar surface area (TPSA) is 43.8 Å². The molecule has 0 N–H and O–H groups in total. The van der Waals surface area contributed by atoms with E-state index in [9.17, 15) is 0 Å². The normalized spacial score (nSPS) is 11.0. The Morgan fingerprint density at radius 1 is 0.628 bits per heavy atom. The van der Waals surface area contributed by atoms with Crippen molar-refractivity contribution in [2.24, 2.45) is 7.05 Å². The summed E-state index contributed by atoms with van der Waals surface area (Å²) in [5.74, 6) is 0. The molecule has 0 aliphatic heterocycles. The van der Waals surface area contributed by atoms with Crippen LogP contribution in [0, 0.1) is 15.9 Å². The molecule has 212 valence electrons. The number of para-hydroxylation sites is 1. The number of aryl methyl sites for hydroxylation is 1. The van der Waals surface area contributed by atoms with Gasteiger partial charge in [-0.3, -0.25) is 0 Å². The van der Waals surface area contributed by atoms with Gasteiger partial charge in [0.15, 0.2) is 0 Å². The second-order valence-corrected chi connectivity index (χ2v) is 11.0. The maximum atomic E-state index is 4.23. The van der Waals surface area contributed by atoms with Gasteiger partial charge in [0.05, 0.1) is 0 Å². The predicted octanol–water partition coefficient (Wildman–Crippen LogP) is 7.88. The molecule has 2 heterocycles. The van der Waals surface area contributed by atoms with Gasteiger partial charge >= 0.3 is 262 Å². The van der Waals surface area contributed by atoms with Crippen LogP contribution in [0.5, 0.6) is 0 Å². The van der Waals surface area contributed by atoms with Crippen molar-refractivity contribution in [3.8, 4) is 33.6 Å². The molecule has 6 nitrogen and oxygen atoms in total. The SMILES string of the molecule is Cn1ccn(-c2[c-]c(N(c3[c-]c(-n4ccnn4)ccc3)c3c(-c4ccccc4)cccc3-c3ccccc3)ccc2)[c]1=[Pt]. The van der Waals surface area contributed by atoms with Gasteiger partial charge in [0.25, 0.3) is 0 Å². The molecule has 43 heavy (non-hydrogen) atoms. The van der Waals surface area contributed by atoms with Gasteiger partial charge in [0.2, 0.25) is 0 Å². The molecule has 0 atom stereocenters. The van der Waals surface area contributed by atoms with Gasteiger partial charge < -0.3 is 0 Å². The van der Waals surface area contributed by atoms with Crippen LogP contribution in [0.3, 0.4) is 0 Å². The van der Waals surface area contributed by atoms with Crippen LogP contribution < -0.4 is 4.90 Å². The van der Waals surface area contributed by atoms with Crippen molar-refractivity contribution in [3.63, 3.8) is 0 Å². The van der Waals surface area contributed by atoms with Crippen LogP contribution in [0.4, 0.5) is 17.1 Å². The Bertz CT molecular complexity index is 2000. The zero-order valence-corrected chi connectivity index (χ0v) is 25.6. The number of nitrogens with zero attached hydrogens (tertiary/aromatic N) is 6. The van der Waals surface area contributed by atoms with Gasteiger partial charge in [-0.2, -0.15) is 0 Å². The molecule has 0 amide bonds. The average Bonchev–Trinajstić information content (AvgIpc) is 3.73. The van der Waals surface area contributed by atoms with E-state index in [-0.39, 0.29) is 0 Å². The maximum absolute atomic E-state index is 4.23. The summed E-state index contributed by atoms with van der Waals surface area (Å²) >= 11 is 2.34. The molecular weight excluding hydrogens is 712 g/mol. The van der Waals surface area contributed by atoms with Crippen LogP contribution >= 0.6 is 0 Å². The molecule has 0 aliphatic carbocycles. The molecule has 0 unspecified atom stereocenters. The van der Waals surface area contributed by atoms with Crippen LogP contribution in [0.15, 0.2) is 140 Å². The second kappa shape index (κ2) is 11.7. The minimum absolute atomic E-state index is 0.793. The summed E-state index contributed by atoms with van der Waals surface area (Å²) in [6, 6.07) is 47.3. The van der Waals surface area contributed by atoms with Crippen molar-refractivity contribution in [1.29, 1.82) is 0 Å². The molecule has 2 aromatic heterocycles. The zero-order chi connectivity index (χ0) is 29.2. The summed E-state index contributed by atoms with van der Waals surface area (Å²) in [4.78, 5) is 2.26. The molecule has 0 aliphatic rings. The quantitative estimate of drug-likeness (QED) is 0.157. The van der Waals surface area contributed by atoms with Gasteiger partial charge in [0.1, 0.15) is 0 Å². The fourth-order valence-electron chi connectivity index (χ4n) is 5.24. The molecule has 0 radical (unpaired) electrons. The summed E-state index contributed by atoms with van der Waals surface area (Å²) < 4.78 is 7.04. The predicted molar refractivity (Wildman–Crippen MR) is 166 cm³/mol. The fraction of sp³-hybridized carbons (Fsp3) is 0.0278. The monoisotopic (exact) mass is 737 g/mol. The Morgan fingerprint density at radius 2 is 1.21 bits per heavy atom. The van der Waals surface area contributed by atoms with Crippen LogP contribution in [0.25, 0.3) is 33.6 Å². The van der Waals surface area contributed by atoms with Crippen molar-refractivity contribution in [2.45, 2.75) is 0 Å².